The lowest BCUT2D eigenvalue weighted by molar-refractivity contribution is -0.630. The summed E-state index contributed by atoms with van der Waals surface area (Å²) in [7, 11) is 0. The third-order valence-corrected chi connectivity index (χ3v) is 1.62. The molecule has 4 N–H and O–H groups in total. The van der Waals surface area contributed by atoms with Crippen molar-refractivity contribution in [3.63, 3.8) is 0 Å². The molecular formula is C7H12N3+. The number of pyridine rings is 1. The standard InChI is InChI=1S/C7H11N3/c1-5-3-4-6(2)10(9)7(5)8/h3-4,8H,9H2,1-2H3/p+1. The lowest BCUT2D eigenvalue weighted by atomic mass is 10.2. The highest BCUT2D eigenvalue weighted by molar-refractivity contribution is 5.32. The van der Waals surface area contributed by atoms with Crippen LogP contribution in [0.3, 0.4) is 0 Å². The predicted octanol–water partition coefficient (Wildman–Crippen LogP) is -0.113. The Kier molecular flexibility index (Phi) is 1.49. The summed E-state index contributed by atoms with van der Waals surface area (Å²) in [5, 5.41) is 0. The third kappa shape index (κ3) is 0.900. The molecule has 0 atom stereocenters. The summed E-state index contributed by atoms with van der Waals surface area (Å²) in [5.41, 5.74) is 7.59. The van der Waals surface area contributed by atoms with E-state index < -0.39 is 0 Å². The minimum atomic E-state index is 0.625. The van der Waals surface area contributed by atoms with Crippen LogP contribution in [0.2, 0.25) is 0 Å². The molecule has 1 heterocycles. The van der Waals surface area contributed by atoms with Gasteiger partial charge in [0, 0.05) is 12.5 Å². The van der Waals surface area contributed by atoms with Crippen LogP contribution in [0, 0.1) is 13.8 Å². The van der Waals surface area contributed by atoms with Crippen molar-refractivity contribution in [2.24, 2.45) is 0 Å². The van der Waals surface area contributed by atoms with E-state index in [2.05, 4.69) is 0 Å². The average molecular weight is 138 g/mol. The molecule has 1 aromatic rings. The van der Waals surface area contributed by atoms with Gasteiger partial charge in [-0.15, -0.1) is 4.68 Å². The van der Waals surface area contributed by atoms with E-state index in [9.17, 15) is 0 Å². The van der Waals surface area contributed by atoms with Crippen LogP contribution in [0.5, 0.6) is 0 Å². The lowest BCUT2D eigenvalue weighted by Crippen LogP contribution is -2.50. The molecular weight excluding hydrogens is 126 g/mol. The Hall–Kier alpha value is -1.25. The molecule has 0 saturated heterocycles. The second kappa shape index (κ2) is 2.17. The highest BCUT2D eigenvalue weighted by Gasteiger charge is 2.05. The van der Waals surface area contributed by atoms with Gasteiger partial charge in [0.25, 0.3) is 5.82 Å². The number of hydrogen-bond acceptors (Lipinski definition) is 2. The molecule has 1 aromatic heterocycles. The highest BCUT2D eigenvalue weighted by atomic mass is 15.3. The van der Waals surface area contributed by atoms with Gasteiger partial charge < -0.3 is 0 Å². The Labute approximate surface area is 60.2 Å². The molecule has 0 saturated carbocycles. The summed E-state index contributed by atoms with van der Waals surface area (Å²) >= 11 is 0. The first-order valence-corrected chi connectivity index (χ1v) is 3.15. The summed E-state index contributed by atoms with van der Waals surface area (Å²) in [6.07, 6.45) is 0. The van der Waals surface area contributed by atoms with Gasteiger partial charge in [-0.3, -0.25) is 11.6 Å². The molecule has 10 heavy (non-hydrogen) atoms. The third-order valence-electron chi connectivity index (χ3n) is 1.62. The first-order chi connectivity index (χ1) is 4.63. The van der Waals surface area contributed by atoms with Gasteiger partial charge in [-0.2, -0.15) is 0 Å². The van der Waals surface area contributed by atoms with Gasteiger partial charge in [-0.1, -0.05) is 0 Å². The van der Waals surface area contributed by atoms with Gasteiger partial charge >= 0.3 is 0 Å². The Morgan fingerprint density at radius 1 is 1.30 bits per heavy atom. The van der Waals surface area contributed by atoms with Crippen molar-refractivity contribution < 1.29 is 4.68 Å². The van der Waals surface area contributed by atoms with Gasteiger partial charge in [0.15, 0.2) is 0 Å². The maximum absolute atomic E-state index is 5.62. The molecule has 0 aliphatic rings. The fourth-order valence-electron chi connectivity index (χ4n) is 0.791. The van der Waals surface area contributed by atoms with E-state index in [1.54, 1.807) is 0 Å². The van der Waals surface area contributed by atoms with E-state index in [1.807, 2.05) is 26.0 Å². The van der Waals surface area contributed by atoms with Crippen LogP contribution in [0.4, 0.5) is 5.82 Å². The monoisotopic (exact) mass is 138 g/mol. The second-order valence-corrected chi connectivity index (χ2v) is 2.41. The fraction of sp³-hybridized carbons (Fsp3) is 0.286. The minimum absolute atomic E-state index is 0.625. The molecule has 0 unspecified atom stereocenters. The summed E-state index contributed by atoms with van der Waals surface area (Å²) in [6, 6.07) is 3.89. The smallest absolute Gasteiger partial charge is 0.285 e. The van der Waals surface area contributed by atoms with E-state index >= 15 is 0 Å². The number of anilines is 1. The largest absolute Gasteiger partial charge is 0.298 e. The Morgan fingerprint density at radius 2 is 1.90 bits per heavy atom. The van der Waals surface area contributed by atoms with Crippen molar-refractivity contribution in [1.82, 2.24) is 0 Å². The second-order valence-electron chi connectivity index (χ2n) is 2.41. The first kappa shape index (κ1) is 6.86. The SMILES string of the molecule is Cc1ccc(C)[n+](N)c1N. The summed E-state index contributed by atoms with van der Waals surface area (Å²) < 4.78 is 1.48. The molecule has 1 rings (SSSR count). The summed E-state index contributed by atoms with van der Waals surface area (Å²) in [6.45, 7) is 3.84. The molecule has 0 bridgehead atoms. The number of nitrogens with zero attached hydrogens (tertiary/aromatic N) is 1. The van der Waals surface area contributed by atoms with Gasteiger partial charge in [0.1, 0.15) is 5.69 Å². The van der Waals surface area contributed by atoms with Crippen molar-refractivity contribution >= 4 is 5.82 Å². The Morgan fingerprint density at radius 3 is 2.40 bits per heavy atom. The van der Waals surface area contributed by atoms with Crippen LogP contribution in [0.1, 0.15) is 11.3 Å². The van der Waals surface area contributed by atoms with Crippen molar-refractivity contribution in [1.29, 1.82) is 0 Å². The quantitative estimate of drug-likeness (QED) is 0.388. The molecule has 0 amide bonds. The van der Waals surface area contributed by atoms with E-state index in [4.69, 9.17) is 11.6 Å². The molecule has 0 aromatic carbocycles. The molecule has 3 heteroatoms. The zero-order chi connectivity index (χ0) is 7.72. The van der Waals surface area contributed by atoms with Crippen molar-refractivity contribution in [2.75, 3.05) is 11.6 Å². The maximum Gasteiger partial charge on any atom is 0.298 e. The van der Waals surface area contributed by atoms with Crippen molar-refractivity contribution in [2.45, 2.75) is 13.8 Å². The van der Waals surface area contributed by atoms with Crippen LogP contribution >= 0.6 is 0 Å². The molecule has 54 valence electrons. The number of aryl methyl sites for hydroxylation is 2. The molecule has 0 spiro atoms. The van der Waals surface area contributed by atoms with Gasteiger partial charge in [-0.25, -0.2) is 0 Å². The molecule has 0 radical (unpaired) electrons. The van der Waals surface area contributed by atoms with E-state index in [0.29, 0.717) is 5.82 Å². The summed E-state index contributed by atoms with van der Waals surface area (Å²) in [4.78, 5) is 0. The number of rotatable bonds is 0. The van der Waals surface area contributed by atoms with Gasteiger partial charge in [0.05, 0.1) is 0 Å². The molecule has 0 fully saturated rings. The fourth-order valence-corrected chi connectivity index (χ4v) is 0.791. The predicted molar refractivity (Wildman–Crippen MR) is 40.7 cm³/mol. The van der Waals surface area contributed by atoms with E-state index in [0.717, 1.165) is 11.3 Å². The minimum Gasteiger partial charge on any atom is -0.285 e. The lowest BCUT2D eigenvalue weighted by Gasteiger charge is -2.00. The van der Waals surface area contributed by atoms with Gasteiger partial charge in [0.2, 0.25) is 0 Å². The molecule has 0 aliphatic heterocycles. The highest BCUT2D eigenvalue weighted by Crippen LogP contribution is 2.02. The number of aromatic nitrogens is 1. The van der Waals surface area contributed by atoms with E-state index in [1.165, 1.54) is 4.68 Å². The number of nitrogen functional groups attached to an aromatic ring is 2. The Bertz CT molecular complexity index is 228. The zero-order valence-corrected chi connectivity index (χ0v) is 6.26. The van der Waals surface area contributed by atoms with Crippen molar-refractivity contribution in [3.8, 4) is 0 Å². The zero-order valence-electron chi connectivity index (χ0n) is 6.26. The normalized spacial score (nSPS) is 9.80. The van der Waals surface area contributed by atoms with E-state index in [-0.39, 0.29) is 0 Å². The van der Waals surface area contributed by atoms with Crippen LogP contribution in [0.25, 0.3) is 0 Å². The molecule has 0 aliphatic carbocycles. The van der Waals surface area contributed by atoms with Crippen LogP contribution in [-0.4, -0.2) is 0 Å². The summed E-state index contributed by atoms with van der Waals surface area (Å²) in [5.74, 6) is 6.20. The van der Waals surface area contributed by atoms with Crippen molar-refractivity contribution in [3.05, 3.63) is 23.4 Å². The van der Waals surface area contributed by atoms with Gasteiger partial charge in [-0.05, 0) is 19.1 Å². The van der Waals surface area contributed by atoms with Crippen LogP contribution in [0.15, 0.2) is 12.1 Å². The average Bonchev–Trinajstić information content (AvgIpc) is 1.93. The maximum atomic E-state index is 5.62. The number of hydrogen-bond donors (Lipinski definition) is 2. The number of nitrogens with two attached hydrogens (primary N) is 2. The topological polar surface area (TPSA) is 55.9 Å². The first-order valence-electron chi connectivity index (χ1n) is 3.15. The Balaban J connectivity index is 3.34. The van der Waals surface area contributed by atoms with Crippen LogP contribution in [-0.2, 0) is 0 Å². The van der Waals surface area contributed by atoms with Crippen LogP contribution < -0.4 is 16.3 Å². The molecule has 3 nitrogen and oxygen atoms in total.